The minimum Gasteiger partial charge on any atom is -1.00 e. The van der Waals surface area contributed by atoms with Crippen LogP contribution in [0.4, 0.5) is 5.69 Å². The highest BCUT2D eigenvalue weighted by molar-refractivity contribution is 7.76. The molecular weight excluding hydrogens is 361 g/mol. The molecule has 0 aliphatic heterocycles. The van der Waals surface area contributed by atoms with Crippen LogP contribution in [-0.2, 0) is 4.79 Å². The molecule has 1 aromatic carbocycles. The molecule has 0 heterocycles. The number of benzene rings is 1. The van der Waals surface area contributed by atoms with Gasteiger partial charge in [-0.3, -0.25) is 4.79 Å². The van der Waals surface area contributed by atoms with Crippen LogP contribution in [0, 0.1) is 0 Å². The smallest absolute Gasteiger partial charge is 0.264 e. The van der Waals surface area contributed by atoms with Crippen molar-refractivity contribution in [3.05, 3.63) is 30.3 Å². The number of amides is 1. The Bertz CT molecular complexity index is 459. The highest BCUT2D eigenvalue weighted by atomic mass is 35.5. The largest absolute Gasteiger partial charge is 1.00 e. The van der Waals surface area contributed by atoms with E-state index in [1.807, 2.05) is 23.1 Å². The molecule has 26 heavy (non-hydrogen) atoms. The van der Waals surface area contributed by atoms with E-state index >= 15 is 0 Å². The van der Waals surface area contributed by atoms with Crippen LogP contribution in [0.5, 0.6) is 0 Å². The molecule has 150 valence electrons. The summed E-state index contributed by atoms with van der Waals surface area (Å²) in [5.41, 5.74) is 1.05. The first-order valence-electron chi connectivity index (χ1n) is 10.3. The molecule has 1 amide bonds. The van der Waals surface area contributed by atoms with Crippen molar-refractivity contribution in [2.45, 2.75) is 66.2 Å². The van der Waals surface area contributed by atoms with E-state index in [0.29, 0.717) is 5.91 Å². The summed E-state index contributed by atoms with van der Waals surface area (Å²) in [6.45, 7) is 9.68. The number of anilines is 1. The Labute approximate surface area is 168 Å². The van der Waals surface area contributed by atoms with Crippen molar-refractivity contribution in [1.29, 1.82) is 0 Å². The van der Waals surface area contributed by atoms with E-state index in [2.05, 4.69) is 39.8 Å². The zero-order chi connectivity index (χ0) is 18.5. The number of halogens is 1. The lowest BCUT2D eigenvalue weighted by molar-refractivity contribution is -0.116. The second-order valence-corrected chi connectivity index (χ2v) is 11.5. The van der Waals surface area contributed by atoms with Crippen molar-refractivity contribution < 1.29 is 17.2 Å². The van der Waals surface area contributed by atoms with Crippen LogP contribution in [0.15, 0.2) is 30.3 Å². The van der Waals surface area contributed by atoms with E-state index in [9.17, 15) is 4.79 Å². The van der Waals surface area contributed by atoms with Gasteiger partial charge < -0.3 is 17.3 Å². The number of hydrogen-bond donors (Lipinski definition) is 0. The molecule has 4 heteroatoms. The van der Waals surface area contributed by atoms with E-state index in [0.717, 1.165) is 18.4 Å². The zero-order valence-electron chi connectivity index (χ0n) is 17.3. The Balaban J connectivity index is 0.00000625. The summed E-state index contributed by atoms with van der Waals surface area (Å²) in [6, 6.07) is 10.2. The molecule has 0 spiro atoms. The van der Waals surface area contributed by atoms with Gasteiger partial charge in [-0.2, -0.15) is 0 Å². The Morgan fingerprint density at radius 2 is 1.31 bits per heavy atom. The number of hydrogen-bond acceptors (Lipinski definition) is 1. The fourth-order valence-electron chi connectivity index (χ4n) is 3.54. The summed E-state index contributed by atoms with van der Waals surface area (Å²) >= 11 is 0. The average Bonchev–Trinajstić information content (AvgIpc) is 2.64. The maximum Gasteiger partial charge on any atom is 0.264 e. The molecule has 0 saturated carbocycles. The number of nitrogens with zero attached hydrogens (tertiary/aromatic N) is 1. The Kier molecular flexibility index (Phi) is 14.1. The maximum absolute atomic E-state index is 13.2. The van der Waals surface area contributed by atoms with Crippen molar-refractivity contribution in [1.82, 2.24) is 0 Å². The Morgan fingerprint density at radius 1 is 0.846 bits per heavy atom. The minimum atomic E-state index is -1.18. The standard InChI is InChI=1S/C22H39NOP.ClH/c1-5-9-17-25(18-10-6-2,19-11-7-3)20-22(24)23(8-4)21-15-13-12-14-16-21;/h12-16H,5-11,17-20H2,1-4H3;1H/q+1;/p-1. The molecule has 0 fully saturated rings. The topological polar surface area (TPSA) is 20.3 Å². The molecule has 0 radical (unpaired) electrons. The summed E-state index contributed by atoms with van der Waals surface area (Å²) in [4.78, 5) is 15.2. The molecule has 1 aromatic rings. The SMILES string of the molecule is CCCC[P+](CCCC)(CCCC)CC(=O)N(CC)c1ccccc1.[Cl-]. The third kappa shape index (κ3) is 8.40. The predicted octanol–water partition coefficient (Wildman–Crippen LogP) is 3.46. The number of carbonyl (C=O) groups excluding carboxylic acids is 1. The van der Waals surface area contributed by atoms with Crippen molar-refractivity contribution in [3.8, 4) is 0 Å². The fraction of sp³-hybridized carbons (Fsp3) is 0.682. The van der Waals surface area contributed by atoms with Crippen molar-refractivity contribution in [2.75, 3.05) is 36.1 Å². The van der Waals surface area contributed by atoms with Gasteiger partial charge in [0.05, 0.1) is 18.5 Å². The molecule has 2 nitrogen and oxygen atoms in total. The first-order valence-corrected chi connectivity index (χ1v) is 12.9. The molecule has 0 saturated heterocycles. The van der Waals surface area contributed by atoms with Crippen LogP contribution in [0.3, 0.4) is 0 Å². The van der Waals surface area contributed by atoms with Gasteiger partial charge in [-0.1, -0.05) is 58.2 Å². The van der Waals surface area contributed by atoms with E-state index in [-0.39, 0.29) is 12.4 Å². The number of unbranched alkanes of at least 4 members (excludes halogenated alkanes) is 3. The summed E-state index contributed by atoms with van der Waals surface area (Å²) in [7, 11) is -1.18. The lowest BCUT2D eigenvalue weighted by Gasteiger charge is -2.30. The summed E-state index contributed by atoms with van der Waals surface area (Å²) < 4.78 is 0. The first kappa shape index (κ1) is 25.4. The Hall–Kier alpha value is -0.590. The van der Waals surface area contributed by atoms with E-state index in [1.54, 1.807) is 0 Å². The van der Waals surface area contributed by atoms with Gasteiger partial charge in [0, 0.05) is 19.5 Å². The van der Waals surface area contributed by atoms with Crippen molar-refractivity contribution >= 4 is 18.9 Å². The van der Waals surface area contributed by atoms with E-state index in [4.69, 9.17) is 0 Å². The van der Waals surface area contributed by atoms with Crippen molar-refractivity contribution in [2.24, 2.45) is 0 Å². The van der Waals surface area contributed by atoms with Gasteiger partial charge in [0.1, 0.15) is 6.16 Å². The molecule has 0 bridgehead atoms. The van der Waals surface area contributed by atoms with Crippen molar-refractivity contribution in [3.63, 3.8) is 0 Å². The van der Waals surface area contributed by atoms with Crippen LogP contribution >= 0.6 is 7.26 Å². The van der Waals surface area contributed by atoms with Crippen LogP contribution in [0.1, 0.15) is 66.2 Å². The molecule has 0 unspecified atom stereocenters. The summed E-state index contributed by atoms with van der Waals surface area (Å²) in [5.74, 6) is 0.352. The quantitative estimate of drug-likeness (QED) is 0.465. The molecule has 0 atom stereocenters. The number of para-hydroxylation sites is 1. The number of rotatable bonds is 13. The molecule has 1 rings (SSSR count). The summed E-state index contributed by atoms with van der Waals surface area (Å²) in [6.07, 6.45) is 12.3. The molecule has 0 aliphatic rings. The molecule has 0 aromatic heterocycles. The second kappa shape index (κ2) is 14.5. The van der Waals surface area contributed by atoms with Crippen LogP contribution in [-0.4, -0.2) is 37.1 Å². The second-order valence-electron chi connectivity index (χ2n) is 7.20. The monoisotopic (exact) mass is 399 g/mol. The highest BCUT2D eigenvalue weighted by Gasteiger charge is 2.39. The van der Waals surface area contributed by atoms with Crippen LogP contribution in [0.2, 0.25) is 0 Å². The van der Waals surface area contributed by atoms with E-state index < -0.39 is 7.26 Å². The van der Waals surface area contributed by atoms with Gasteiger partial charge in [0.25, 0.3) is 5.91 Å². The average molecular weight is 400 g/mol. The lowest BCUT2D eigenvalue weighted by atomic mass is 10.3. The lowest BCUT2D eigenvalue weighted by Crippen LogP contribution is -3.00. The van der Waals surface area contributed by atoms with Gasteiger partial charge in [-0.15, -0.1) is 0 Å². The van der Waals surface area contributed by atoms with Crippen LogP contribution in [0.25, 0.3) is 0 Å². The minimum absolute atomic E-state index is 0. The first-order chi connectivity index (χ1) is 12.1. The maximum atomic E-state index is 13.2. The molecule has 0 aliphatic carbocycles. The predicted molar refractivity (Wildman–Crippen MR) is 116 cm³/mol. The third-order valence-corrected chi connectivity index (χ3v) is 9.85. The molecular formula is C22H39ClNOP. The zero-order valence-corrected chi connectivity index (χ0v) is 19.0. The highest BCUT2D eigenvalue weighted by Crippen LogP contribution is 2.60. The third-order valence-electron chi connectivity index (χ3n) is 5.11. The fourth-order valence-corrected chi connectivity index (χ4v) is 8.39. The van der Waals surface area contributed by atoms with Gasteiger partial charge in [-0.05, 0) is 38.3 Å². The van der Waals surface area contributed by atoms with Gasteiger partial charge in [0.2, 0.25) is 0 Å². The summed E-state index contributed by atoms with van der Waals surface area (Å²) in [5, 5.41) is 0. The van der Waals surface area contributed by atoms with Crippen LogP contribution < -0.4 is 17.3 Å². The van der Waals surface area contributed by atoms with E-state index in [1.165, 1.54) is 57.0 Å². The number of carbonyl (C=O) groups is 1. The van der Waals surface area contributed by atoms with Gasteiger partial charge in [-0.25, -0.2) is 0 Å². The van der Waals surface area contributed by atoms with Gasteiger partial charge in [0.15, 0.2) is 0 Å². The molecule has 0 N–H and O–H groups in total. The Morgan fingerprint density at radius 3 is 1.69 bits per heavy atom. The normalized spacial score (nSPS) is 11.1. The van der Waals surface area contributed by atoms with Gasteiger partial charge >= 0.3 is 0 Å².